The summed E-state index contributed by atoms with van der Waals surface area (Å²) in [5.41, 5.74) is -0.0374. The molecule has 1 aromatic rings. The molecule has 1 aliphatic carbocycles. The van der Waals surface area contributed by atoms with Crippen LogP contribution in [0.5, 0.6) is 5.75 Å². The maximum Gasteiger partial charge on any atom is 0.229 e. The zero-order valence-corrected chi connectivity index (χ0v) is 9.03. The number of amides is 1. The summed E-state index contributed by atoms with van der Waals surface area (Å²) in [6.45, 7) is 1.94. The van der Waals surface area contributed by atoms with Gasteiger partial charge in [0.15, 0.2) is 0 Å². The van der Waals surface area contributed by atoms with Gasteiger partial charge >= 0.3 is 0 Å². The molecule has 0 aliphatic heterocycles. The summed E-state index contributed by atoms with van der Waals surface area (Å²) in [6, 6.07) is 6.63. The number of halogens is 1. The normalized spacial score (nSPS) is 27.5. The first-order valence-electron chi connectivity index (χ1n) is 5.22. The Morgan fingerprint density at radius 1 is 1.69 bits per heavy atom. The summed E-state index contributed by atoms with van der Waals surface area (Å²) in [4.78, 5) is 11.6. The Kier molecular flexibility index (Phi) is 2.58. The molecule has 2 unspecified atom stereocenters. The Balaban J connectivity index is 1.91. The van der Waals surface area contributed by atoms with Gasteiger partial charge in [-0.3, -0.25) is 4.79 Å². The number of hydrogen-bond acceptors (Lipinski definition) is 2. The number of carbonyl (C=O) groups is 1. The second-order valence-corrected chi connectivity index (χ2v) is 4.44. The number of nitrogens with one attached hydrogen (secondary N) is 1. The van der Waals surface area contributed by atoms with E-state index < -0.39 is 11.6 Å². The number of benzene rings is 1. The summed E-state index contributed by atoms with van der Waals surface area (Å²) >= 11 is 0. The van der Waals surface area contributed by atoms with Crippen LogP contribution in [0.2, 0.25) is 0 Å². The Labute approximate surface area is 93.3 Å². The van der Waals surface area contributed by atoms with Crippen LogP contribution in [-0.2, 0) is 11.3 Å². The molecule has 16 heavy (non-hydrogen) atoms. The molecule has 0 heterocycles. The van der Waals surface area contributed by atoms with Gasteiger partial charge in [0.2, 0.25) is 5.91 Å². The molecular formula is C12H14FNO2. The summed E-state index contributed by atoms with van der Waals surface area (Å²) in [6.07, 6.45) is -0.713. The minimum absolute atomic E-state index is 0.160. The van der Waals surface area contributed by atoms with Crippen molar-refractivity contribution in [2.24, 2.45) is 5.41 Å². The SMILES string of the molecule is CC1(C(=O)NCc2cccc(O)c2)CC1F. The highest BCUT2D eigenvalue weighted by molar-refractivity contribution is 5.86. The van der Waals surface area contributed by atoms with Crippen molar-refractivity contribution in [3.05, 3.63) is 29.8 Å². The zero-order valence-electron chi connectivity index (χ0n) is 9.03. The van der Waals surface area contributed by atoms with Gasteiger partial charge in [-0.1, -0.05) is 12.1 Å². The van der Waals surface area contributed by atoms with Crippen LogP contribution in [0.1, 0.15) is 18.9 Å². The lowest BCUT2D eigenvalue weighted by Gasteiger charge is -2.10. The van der Waals surface area contributed by atoms with E-state index in [9.17, 15) is 14.3 Å². The van der Waals surface area contributed by atoms with Gasteiger partial charge in [0.25, 0.3) is 0 Å². The third kappa shape index (κ3) is 2.01. The molecular weight excluding hydrogens is 209 g/mol. The van der Waals surface area contributed by atoms with Gasteiger partial charge in [-0.25, -0.2) is 4.39 Å². The van der Waals surface area contributed by atoms with Crippen LogP contribution in [0, 0.1) is 5.41 Å². The lowest BCUT2D eigenvalue weighted by Crippen LogP contribution is -2.31. The van der Waals surface area contributed by atoms with Gasteiger partial charge in [0.05, 0.1) is 5.41 Å². The number of rotatable bonds is 3. The van der Waals surface area contributed by atoms with Crippen molar-refractivity contribution in [3.8, 4) is 5.75 Å². The first kappa shape index (κ1) is 10.9. The highest BCUT2D eigenvalue weighted by atomic mass is 19.1. The molecule has 4 heteroatoms. The summed E-state index contributed by atoms with van der Waals surface area (Å²) < 4.78 is 12.9. The fraction of sp³-hybridized carbons (Fsp3) is 0.417. The standard InChI is InChI=1S/C12H14FNO2/c1-12(6-10(12)13)11(16)14-7-8-3-2-4-9(15)5-8/h2-5,10,15H,6-7H2,1H3,(H,14,16). The molecule has 2 atom stereocenters. The third-order valence-corrected chi connectivity index (χ3v) is 3.02. The number of phenolic OH excluding ortho intramolecular Hbond substituents is 1. The van der Waals surface area contributed by atoms with E-state index in [0.29, 0.717) is 13.0 Å². The summed E-state index contributed by atoms with van der Waals surface area (Å²) in [7, 11) is 0. The predicted octanol–water partition coefficient (Wildman–Crippen LogP) is 1.76. The van der Waals surface area contributed by atoms with Gasteiger partial charge in [-0.05, 0) is 31.0 Å². The Morgan fingerprint density at radius 3 is 2.94 bits per heavy atom. The lowest BCUT2D eigenvalue weighted by atomic mass is 10.1. The van der Waals surface area contributed by atoms with E-state index in [-0.39, 0.29) is 11.7 Å². The Bertz CT molecular complexity index is 421. The van der Waals surface area contributed by atoms with Crippen molar-refractivity contribution in [1.82, 2.24) is 5.32 Å². The van der Waals surface area contributed by atoms with Crippen molar-refractivity contribution >= 4 is 5.91 Å². The summed E-state index contributed by atoms with van der Waals surface area (Å²) in [5, 5.41) is 11.9. The quantitative estimate of drug-likeness (QED) is 0.820. The average molecular weight is 223 g/mol. The molecule has 1 amide bonds. The monoisotopic (exact) mass is 223 g/mol. The van der Waals surface area contributed by atoms with Crippen LogP contribution in [0.15, 0.2) is 24.3 Å². The molecule has 3 nitrogen and oxygen atoms in total. The van der Waals surface area contributed by atoms with E-state index in [1.165, 1.54) is 0 Å². The van der Waals surface area contributed by atoms with Crippen molar-refractivity contribution in [1.29, 1.82) is 0 Å². The largest absolute Gasteiger partial charge is 0.508 e. The second-order valence-electron chi connectivity index (χ2n) is 4.44. The maximum absolute atomic E-state index is 12.9. The topological polar surface area (TPSA) is 49.3 Å². The van der Waals surface area contributed by atoms with E-state index in [2.05, 4.69) is 5.32 Å². The lowest BCUT2D eigenvalue weighted by molar-refractivity contribution is -0.126. The molecule has 0 radical (unpaired) electrons. The molecule has 0 bridgehead atoms. The number of alkyl halides is 1. The molecule has 1 saturated carbocycles. The van der Waals surface area contributed by atoms with Crippen LogP contribution in [0.4, 0.5) is 4.39 Å². The van der Waals surface area contributed by atoms with Crippen molar-refractivity contribution in [2.45, 2.75) is 26.1 Å². The van der Waals surface area contributed by atoms with Crippen molar-refractivity contribution < 1.29 is 14.3 Å². The van der Waals surface area contributed by atoms with Gasteiger partial charge in [-0.15, -0.1) is 0 Å². The van der Waals surface area contributed by atoms with E-state index in [1.54, 1.807) is 31.2 Å². The number of phenols is 1. The number of hydrogen-bond donors (Lipinski definition) is 2. The summed E-state index contributed by atoms with van der Waals surface area (Å²) in [5.74, 6) is -0.101. The van der Waals surface area contributed by atoms with E-state index in [0.717, 1.165) is 5.56 Å². The van der Waals surface area contributed by atoms with Gasteiger partial charge in [0, 0.05) is 6.54 Å². The number of aromatic hydroxyl groups is 1. The Morgan fingerprint density at radius 2 is 2.38 bits per heavy atom. The molecule has 86 valence electrons. The van der Waals surface area contributed by atoms with Crippen LogP contribution in [-0.4, -0.2) is 17.2 Å². The van der Waals surface area contributed by atoms with E-state index in [1.807, 2.05) is 0 Å². The predicted molar refractivity (Wildman–Crippen MR) is 57.6 cm³/mol. The van der Waals surface area contributed by atoms with Gasteiger partial charge < -0.3 is 10.4 Å². The highest BCUT2D eigenvalue weighted by Crippen LogP contribution is 2.48. The molecule has 0 spiro atoms. The second kappa shape index (κ2) is 3.77. The number of carbonyl (C=O) groups excluding carboxylic acids is 1. The molecule has 2 rings (SSSR count). The molecule has 0 aromatic heterocycles. The molecule has 2 N–H and O–H groups in total. The zero-order chi connectivity index (χ0) is 11.8. The maximum atomic E-state index is 12.9. The van der Waals surface area contributed by atoms with E-state index >= 15 is 0 Å². The molecule has 1 fully saturated rings. The first-order valence-corrected chi connectivity index (χ1v) is 5.22. The van der Waals surface area contributed by atoms with Crippen LogP contribution in [0.3, 0.4) is 0 Å². The first-order chi connectivity index (χ1) is 7.52. The fourth-order valence-corrected chi connectivity index (χ4v) is 1.60. The molecule has 1 aliphatic rings. The smallest absolute Gasteiger partial charge is 0.229 e. The minimum Gasteiger partial charge on any atom is -0.508 e. The van der Waals surface area contributed by atoms with Crippen LogP contribution in [0.25, 0.3) is 0 Å². The average Bonchev–Trinajstić information content (AvgIpc) is 2.85. The fourth-order valence-electron chi connectivity index (χ4n) is 1.60. The van der Waals surface area contributed by atoms with Crippen molar-refractivity contribution in [3.63, 3.8) is 0 Å². The highest BCUT2D eigenvalue weighted by Gasteiger charge is 2.57. The van der Waals surface area contributed by atoms with Crippen molar-refractivity contribution in [2.75, 3.05) is 0 Å². The third-order valence-electron chi connectivity index (χ3n) is 3.02. The van der Waals surface area contributed by atoms with E-state index in [4.69, 9.17) is 0 Å². The van der Waals surface area contributed by atoms with Crippen LogP contribution >= 0.6 is 0 Å². The molecule has 1 aromatic carbocycles. The van der Waals surface area contributed by atoms with Gasteiger partial charge in [0.1, 0.15) is 11.9 Å². The Hall–Kier alpha value is -1.58. The minimum atomic E-state index is -1.02. The van der Waals surface area contributed by atoms with Gasteiger partial charge in [-0.2, -0.15) is 0 Å². The molecule has 0 saturated heterocycles. The van der Waals surface area contributed by atoms with Crippen LogP contribution < -0.4 is 5.32 Å².